The summed E-state index contributed by atoms with van der Waals surface area (Å²) in [5.41, 5.74) is 1.77. The molecule has 0 bridgehead atoms. The predicted octanol–water partition coefficient (Wildman–Crippen LogP) is 4.81. The number of carbonyl (C=O) groups excluding carboxylic acids is 1. The molecule has 2 aromatic carbocycles. The SMILES string of the molecule is C#CCN(Cc1cccc(F)c1)c1ccc(NC(=O)OC(C)(C)C)cc1. The van der Waals surface area contributed by atoms with Crippen molar-refractivity contribution >= 4 is 17.5 Å². The summed E-state index contributed by atoms with van der Waals surface area (Å²) in [5.74, 6) is 2.34. The van der Waals surface area contributed by atoms with E-state index in [1.807, 2.05) is 23.1 Å². The van der Waals surface area contributed by atoms with Gasteiger partial charge in [0, 0.05) is 17.9 Å². The number of terminal acetylenes is 1. The molecule has 0 saturated carbocycles. The van der Waals surface area contributed by atoms with Crippen molar-refractivity contribution in [3.05, 3.63) is 59.9 Å². The molecule has 4 nitrogen and oxygen atoms in total. The summed E-state index contributed by atoms with van der Waals surface area (Å²) in [4.78, 5) is 13.8. The maximum absolute atomic E-state index is 13.4. The minimum atomic E-state index is -0.557. The van der Waals surface area contributed by atoms with Gasteiger partial charge in [-0.2, -0.15) is 0 Å². The molecule has 1 N–H and O–H groups in total. The molecule has 0 aromatic heterocycles. The van der Waals surface area contributed by atoms with Gasteiger partial charge in [0.05, 0.1) is 6.54 Å². The summed E-state index contributed by atoms with van der Waals surface area (Å²) in [5, 5.41) is 2.68. The first kappa shape index (κ1) is 19.3. The van der Waals surface area contributed by atoms with E-state index < -0.39 is 11.7 Å². The van der Waals surface area contributed by atoms with E-state index in [1.54, 1.807) is 39.0 Å². The summed E-state index contributed by atoms with van der Waals surface area (Å²) in [6, 6.07) is 13.7. The number of rotatable bonds is 5. The minimum absolute atomic E-state index is 0.278. The molecule has 0 fully saturated rings. The molecule has 0 unspecified atom stereocenters. The molecule has 0 heterocycles. The lowest BCUT2D eigenvalue weighted by Gasteiger charge is -2.23. The second kappa shape index (κ2) is 8.39. The van der Waals surface area contributed by atoms with Crippen LogP contribution in [-0.2, 0) is 11.3 Å². The van der Waals surface area contributed by atoms with Crippen LogP contribution < -0.4 is 10.2 Å². The molecule has 0 radical (unpaired) electrons. The standard InChI is InChI=1S/C21H23FN2O2/c1-5-13-24(15-16-7-6-8-17(22)14-16)19-11-9-18(10-12-19)23-20(25)26-21(2,3)4/h1,6-12,14H,13,15H2,2-4H3,(H,23,25). The Morgan fingerprint density at radius 2 is 1.92 bits per heavy atom. The van der Waals surface area contributed by atoms with E-state index in [4.69, 9.17) is 11.2 Å². The Morgan fingerprint density at radius 1 is 1.23 bits per heavy atom. The van der Waals surface area contributed by atoms with Gasteiger partial charge in [0.1, 0.15) is 11.4 Å². The summed E-state index contributed by atoms with van der Waals surface area (Å²) < 4.78 is 18.6. The Hall–Kier alpha value is -3.00. The number of nitrogens with zero attached hydrogens (tertiary/aromatic N) is 1. The van der Waals surface area contributed by atoms with Crippen molar-refractivity contribution in [2.75, 3.05) is 16.8 Å². The van der Waals surface area contributed by atoms with E-state index in [0.717, 1.165) is 11.3 Å². The number of amides is 1. The van der Waals surface area contributed by atoms with Crippen LogP contribution in [0.15, 0.2) is 48.5 Å². The molecule has 0 atom stereocenters. The van der Waals surface area contributed by atoms with Crippen LogP contribution in [-0.4, -0.2) is 18.2 Å². The molecule has 2 aromatic rings. The van der Waals surface area contributed by atoms with Crippen LogP contribution in [0.3, 0.4) is 0 Å². The third kappa shape index (κ3) is 6.14. The molecule has 0 aliphatic carbocycles. The van der Waals surface area contributed by atoms with Gasteiger partial charge in [-0.15, -0.1) is 6.42 Å². The highest BCUT2D eigenvalue weighted by atomic mass is 19.1. The van der Waals surface area contributed by atoms with Crippen LogP contribution >= 0.6 is 0 Å². The Bertz CT molecular complexity index is 789. The van der Waals surface area contributed by atoms with Crippen molar-refractivity contribution in [1.82, 2.24) is 0 Å². The Balaban J connectivity index is 2.08. The number of halogens is 1. The van der Waals surface area contributed by atoms with Crippen molar-refractivity contribution in [3.63, 3.8) is 0 Å². The van der Waals surface area contributed by atoms with Gasteiger partial charge in [0.15, 0.2) is 0 Å². The number of ether oxygens (including phenoxy) is 1. The predicted molar refractivity (Wildman–Crippen MR) is 103 cm³/mol. The lowest BCUT2D eigenvalue weighted by molar-refractivity contribution is 0.0636. The normalized spacial score (nSPS) is 10.7. The maximum atomic E-state index is 13.4. The van der Waals surface area contributed by atoms with Crippen molar-refractivity contribution < 1.29 is 13.9 Å². The second-order valence-electron chi connectivity index (χ2n) is 6.86. The third-order valence-electron chi connectivity index (χ3n) is 3.42. The molecule has 26 heavy (non-hydrogen) atoms. The average Bonchev–Trinajstić information content (AvgIpc) is 2.53. The highest BCUT2D eigenvalue weighted by Crippen LogP contribution is 2.21. The van der Waals surface area contributed by atoms with Gasteiger partial charge in [-0.25, -0.2) is 9.18 Å². The molecule has 0 saturated heterocycles. The van der Waals surface area contributed by atoms with E-state index in [2.05, 4.69) is 11.2 Å². The van der Waals surface area contributed by atoms with E-state index in [-0.39, 0.29) is 5.82 Å². The Morgan fingerprint density at radius 3 is 2.50 bits per heavy atom. The van der Waals surface area contributed by atoms with Gasteiger partial charge in [0.25, 0.3) is 0 Å². The number of nitrogens with one attached hydrogen (secondary N) is 1. The molecular formula is C21H23FN2O2. The van der Waals surface area contributed by atoms with Crippen LogP contribution in [0.5, 0.6) is 0 Å². The fourth-order valence-corrected chi connectivity index (χ4v) is 2.38. The van der Waals surface area contributed by atoms with Gasteiger partial charge < -0.3 is 9.64 Å². The first-order valence-corrected chi connectivity index (χ1v) is 8.30. The van der Waals surface area contributed by atoms with Crippen molar-refractivity contribution in [1.29, 1.82) is 0 Å². The van der Waals surface area contributed by atoms with Gasteiger partial charge >= 0.3 is 6.09 Å². The molecule has 136 valence electrons. The van der Waals surface area contributed by atoms with E-state index in [9.17, 15) is 9.18 Å². The van der Waals surface area contributed by atoms with Crippen LogP contribution in [0, 0.1) is 18.2 Å². The number of anilines is 2. The van der Waals surface area contributed by atoms with Gasteiger partial charge in [-0.05, 0) is 62.7 Å². The minimum Gasteiger partial charge on any atom is -0.444 e. The van der Waals surface area contributed by atoms with Gasteiger partial charge in [-0.1, -0.05) is 18.1 Å². The zero-order chi connectivity index (χ0) is 19.2. The molecule has 0 aliphatic heterocycles. The number of benzene rings is 2. The zero-order valence-electron chi connectivity index (χ0n) is 15.3. The average molecular weight is 354 g/mol. The van der Waals surface area contributed by atoms with E-state index in [1.165, 1.54) is 12.1 Å². The van der Waals surface area contributed by atoms with Gasteiger partial charge in [-0.3, -0.25) is 5.32 Å². The largest absolute Gasteiger partial charge is 0.444 e. The summed E-state index contributed by atoms with van der Waals surface area (Å²) in [6.45, 7) is 6.29. The second-order valence-corrected chi connectivity index (χ2v) is 6.86. The lowest BCUT2D eigenvalue weighted by atomic mass is 10.2. The molecule has 5 heteroatoms. The van der Waals surface area contributed by atoms with E-state index >= 15 is 0 Å². The highest BCUT2D eigenvalue weighted by Gasteiger charge is 2.16. The monoisotopic (exact) mass is 354 g/mol. The maximum Gasteiger partial charge on any atom is 0.412 e. The summed E-state index contributed by atoms with van der Waals surface area (Å²) in [6.07, 6.45) is 4.96. The molecule has 2 rings (SSSR count). The lowest BCUT2D eigenvalue weighted by Crippen LogP contribution is -2.27. The number of hydrogen-bond acceptors (Lipinski definition) is 3. The number of hydrogen-bond donors (Lipinski definition) is 1. The molecule has 0 spiro atoms. The van der Waals surface area contributed by atoms with Crippen LogP contribution in [0.1, 0.15) is 26.3 Å². The molecule has 1 amide bonds. The fourth-order valence-electron chi connectivity index (χ4n) is 2.38. The fraction of sp³-hybridized carbons (Fsp3) is 0.286. The summed E-state index contributed by atoms with van der Waals surface area (Å²) in [7, 11) is 0. The van der Waals surface area contributed by atoms with Crippen LogP contribution in [0.2, 0.25) is 0 Å². The Kier molecular flexibility index (Phi) is 6.24. The highest BCUT2D eigenvalue weighted by molar-refractivity contribution is 5.85. The van der Waals surface area contributed by atoms with Crippen molar-refractivity contribution in [2.24, 2.45) is 0 Å². The van der Waals surface area contributed by atoms with Crippen LogP contribution in [0.4, 0.5) is 20.6 Å². The first-order valence-electron chi connectivity index (χ1n) is 8.30. The van der Waals surface area contributed by atoms with Gasteiger partial charge in [0.2, 0.25) is 0 Å². The molecule has 0 aliphatic rings. The quantitative estimate of drug-likeness (QED) is 0.783. The summed E-state index contributed by atoms with van der Waals surface area (Å²) >= 11 is 0. The first-order chi connectivity index (χ1) is 12.3. The Labute approximate surface area is 154 Å². The zero-order valence-corrected chi connectivity index (χ0v) is 15.3. The van der Waals surface area contributed by atoms with Crippen LogP contribution in [0.25, 0.3) is 0 Å². The van der Waals surface area contributed by atoms with Crippen molar-refractivity contribution in [2.45, 2.75) is 32.9 Å². The topological polar surface area (TPSA) is 41.6 Å². The molecular weight excluding hydrogens is 331 g/mol. The van der Waals surface area contributed by atoms with E-state index in [0.29, 0.717) is 18.8 Å². The number of carbonyl (C=O) groups is 1. The third-order valence-corrected chi connectivity index (χ3v) is 3.42. The van der Waals surface area contributed by atoms with Crippen molar-refractivity contribution in [3.8, 4) is 12.3 Å². The smallest absolute Gasteiger partial charge is 0.412 e.